The van der Waals surface area contributed by atoms with Gasteiger partial charge in [0.1, 0.15) is 0 Å². The van der Waals surface area contributed by atoms with Crippen LogP contribution >= 0.6 is 0 Å². The van der Waals surface area contributed by atoms with Crippen molar-refractivity contribution in [3.05, 3.63) is 0 Å². The van der Waals surface area contributed by atoms with Crippen molar-refractivity contribution in [1.29, 1.82) is 0 Å². The summed E-state index contributed by atoms with van der Waals surface area (Å²) in [5.41, 5.74) is 0. The zero-order chi connectivity index (χ0) is 11.8. The van der Waals surface area contributed by atoms with Gasteiger partial charge in [-0.1, -0.05) is 0 Å². The first-order chi connectivity index (χ1) is 6.12. The minimum Gasteiger partial charge on any atom is -0.870 e. The van der Waals surface area contributed by atoms with Crippen LogP contribution in [0.4, 0.5) is 0 Å². The maximum Gasteiger partial charge on any atom is 2.00 e. The minimum absolute atomic E-state index is 0. The molecule has 0 amide bonds. The van der Waals surface area contributed by atoms with Gasteiger partial charge in [-0.05, 0) is 0 Å². The number of rotatable bonds is 4. The van der Waals surface area contributed by atoms with E-state index in [1.165, 1.54) is 0 Å². The molecule has 0 saturated heterocycles. The molecule has 0 unspecified atom stereocenters. The Morgan fingerprint density at radius 1 is 0.737 bits per heavy atom. The number of carbonyl (C=O) groups excluding carboxylic acids is 2. The summed E-state index contributed by atoms with van der Waals surface area (Å²) >= 11 is 0. The summed E-state index contributed by atoms with van der Waals surface area (Å²) in [6.07, 6.45) is 0. The van der Waals surface area contributed by atoms with Crippen molar-refractivity contribution in [1.82, 2.24) is 0 Å². The average Bonchev–Trinajstić information content (AvgIpc) is 1.81. The van der Waals surface area contributed by atoms with Crippen LogP contribution in [0.15, 0.2) is 0 Å². The summed E-state index contributed by atoms with van der Waals surface area (Å²) in [4.78, 5) is 18.1. The first kappa shape index (κ1) is 42.7. The van der Waals surface area contributed by atoms with Gasteiger partial charge in [0.05, 0.1) is 0 Å². The Morgan fingerprint density at radius 3 is 0.895 bits per heavy atom. The molecular weight excluding hydrogens is 390 g/mol. The molecule has 0 rings (SSSR count). The van der Waals surface area contributed by atoms with Gasteiger partial charge >= 0.3 is 110 Å². The molecular formula is C2H6CuNa2O12S2+2. The largest absolute Gasteiger partial charge is 2.00 e. The van der Waals surface area contributed by atoms with E-state index in [-0.39, 0.29) is 100 Å². The first-order valence-corrected chi connectivity index (χ1v) is 5.04. The van der Waals surface area contributed by atoms with Gasteiger partial charge in [-0.3, -0.25) is 18.7 Å². The Balaban J connectivity index is -0.0000000240. The van der Waals surface area contributed by atoms with Crippen molar-refractivity contribution in [2.45, 2.75) is 0 Å². The Bertz CT molecular complexity index is 337. The molecule has 0 aliphatic rings. The van der Waals surface area contributed by atoms with E-state index in [4.69, 9.17) is 18.7 Å². The van der Waals surface area contributed by atoms with Crippen LogP contribution in [0.1, 0.15) is 0 Å². The molecule has 0 fully saturated rings. The van der Waals surface area contributed by atoms with Crippen molar-refractivity contribution in [3.63, 3.8) is 0 Å². The van der Waals surface area contributed by atoms with E-state index < -0.39 is 20.8 Å². The number of carbonyl (C=O) groups is 2. The van der Waals surface area contributed by atoms with E-state index in [9.17, 15) is 16.8 Å². The van der Waals surface area contributed by atoms with E-state index in [0.29, 0.717) is 0 Å². The number of hydrogen-bond acceptors (Lipinski definition) is 10. The molecule has 17 heteroatoms. The monoisotopic (exact) mass is 395 g/mol. The predicted octanol–water partition coefficient (Wildman–Crippen LogP) is -8.42. The predicted molar refractivity (Wildman–Crippen MR) is 41.3 cm³/mol. The van der Waals surface area contributed by atoms with Crippen LogP contribution in [0.3, 0.4) is 0 Å². The summed E-state index contributed by atoms with van der Waals surface area (Å²) < 4.78 is 58.6. The molecule has 0 heterocycles. The van der Waals surface area contributed by atoms with Crippen molar-refractivity contribution in [2.24, 2.45) is 0 Å². The SMILES string of the molecule is O=COS(=O)(=O)O.O=COS(=O)(=O)O.[Cu+2].[Na+].[Na+].[OH-].[OH-]. The Labute approximate surface area is 163 Å². The molecule has 0 saturated carbocycles. The van der Waals surface area contributed by atoms with E-state index in [1.54, 1.807) is 0 Å². The van der Waals surface area contributed by atoms with Crippen LogP contribution in [-0.4, -0.2) is 49.8 Å². The standard InChI is InChI=1S/2CH2O5S.Cu.2Na.2H2O/c2*2-1-6-7(3,4)5;;;;;/h2*1H,(H,3,4,5);;;;2*1H2/q;;+2;2*+1;;/p-2. The van der Waals surface area contributed by atoms with Gasteiger partial charge in [-0.25, -0.2) is 0 Å². The van der Waals surface area contributed by atoms with Gasteiger partial charge in [0.25, 0.3) is 0 Å². The maximum atomic E-state index is 9.33. The van der Waals surface area contributed by atoms with Crippen molar-refractivity contribution in [2.75, 3.05) is 0 Å². The normalized spacial score (nSPS) is 7.68. The smallest absolute Gasteiger partial charge is 0.870 e. The van der Waals surface area contributed by atoms with Crippen molar-refractivity contribution >= 4 is 33.7 Å². The Morgan fingerprint density at radius 2 is 0.895 bits per heavy atom. The average molecular weight is 396 g/mol. The summed E-state index contributed by atoms with van der Waals surface area (Å²) in [7, 11) is -9.08. The van der Waals surface area contributed by atoms with Crippen molar-refractivity contribution in [3.8, 4) is 0 Å². The fourth-order valence-electron chi connectivity index (χ4n) is 0.0993. The van der Waals surface area contributed by atoms with E-state index in [1.807, 2.05) is 0 Å². The zero-order valence-electron chi connectivity index (χ0n) is 9.33. The number of hydrogen-bond donors (Lipinski definition) is 2. The van der Waals surface area contributed by atoms with Crippen LogP contribution in [0.25, 0.3) is 0 Å². The maximum absolute atomic E-state index is 9.33. The third-order valence-electron chi connectivity index (χ3n) is 0.322. The van der Waals surface area contributed by atoms with Crippen LogP contribution < -0.4 is 59.1 Å². The molecule has 0 bridgehead atoms. The van der Waals surface area contributed by atoms with E-state index >= 15 is 0 Å². The molecule has 0 aliphatic carbocycles. The molecule has 0 aromatic rings. The van der Waals surface area contributed by atoms with E-state index in [2.05, 4.69) is 8.37 Å². The third kappa shape index (κ3) is 67.1. The third-order valence-corrected chi connectivity index (χ3v) is 0.965. The Kier molecular flexibility index (Phi) is 48.4. The summed E-state index contributed by atoms with van der Waals surface area (Å²) in [6.45, 7) is -0.759. The van der Waals surface area contributed by atoms with Gasteiger partial charge in [0.15, 0.2) is 0 Å². The zero-order valence-corrected chi connectivity index (χ0v) is 15.9. The van der Waals surface area contributed by atoms with Crippen LogP contribution in [0.2, 0.25) is 0 Å². The first-order valence-electron chi connectivity index (χ1n) is 2.31. The van der Waals surface area contributed by atoms with Gasteiger partial charge < -0.3 is 19.3 Å². The molecule has 0 aliphatic heterocycles. The molecule has 0 aromatic carbocycles. The summed E-state index contributed by atoms with van der Waals surface area (Å²) in [5, 5.41) is 0. The second-order valence-electron chi connectivity index (χ2n) is 1.24. The van der Waals surface area contributed by atoms with Gasteiger partial charge in [-0.15, -0.1) is 0 Å². The topological polar surface area (TPSA) is 221 Å². The summed E-state index contributed by atoms with van der Waals surface area (Å²) in [5.74, 6) is 0. The van der Waals surface area contributed by atoms with E-state index in [0.717, 1.165) is 0 Å². The molecule has 0 spiro atoms. The Hall–Kier alpha value is 1.20. The minimum atomic E-state index is -4.54. The van der Waals surface area contributed by atoms with Gasteiger partial charge in [0, 0.05) is 0 Å². The molecule has 4 N–H and O–H groups in total. The molecule has 0 aromatic heterocycles. The molecule has 0 atom stereocenters. The van der Waals surface area contributed by atoms with Crippen LogP contribution in [0.5, 0.6) is 0 Å². The fraction of sp³-hybridized carbons (Fsp3) is 0. The van der Waals surface area contributed by atoms with Gasteiger partial charge in [-0.2, -0.15) is 16.8 Å². The molecule has 19 heavy (non-hydrogen) atoms. The molecule has 109 valence electrons. The second kappa shape index (κ2) is 21.5. The van der Waals surface area contributed by atoms with Crippen LogP contribution in [0, 0.1) is 0 Å². The second-order valence-corrected chi connectivity index (χ2v) is 3.34. The fourth-order valence-corrected chi connectivity index (χ4v) is 0.298. The quantitative estimate of drug-likeness (QED) is 0.257. The van der Waals surface area contributed by atoms with Crippen molar-refractivity contribution < 1.29 is 131 Å². The van der Waals surface area contributed by atoms with Gasteiger partial charge in [0.2, 0.25) is 0 Å². The summed E-state index contributed by atoms with van der Waals surface area (Å²) in [6, 6.07) is 0. The molecule has 12 nitrogen and oxygen atoms in total. The van der Waals surface area contributed by atoms with Crippen LogP contribution in [-0.2, 0) is 55.8 Å². The molecule has 1 radical (unpaired) electrons.